The fourth-order valence-electron chi connectivity index (χ4n) is 3.62. The lowest BCUT2D eigenvalue weighted by atomic mass is 10.0. The van der Waals surface area contributed by atoms with Gasteiger partial charge in [-0.05, 0) is 55.4 Å². The summed E-state index contributed by atoms with van der Waals surface area (Å²) >= 11 is 0. The number of aliphatic hydroxyl groups excluding tert-OH is 4. The second-order valence-electron chi connectivity index (χ2n) is 8.60. The van der Waals surface area contributed by atoms with E-state index in [1.807, 2.05) is 65.2 Å². The molecular weight excluding hydrogens is 396 g/mol. The maximum absolute atomic E-state index is 13.1. The molecule has 0 radical (unpaired) electrons. The summed E-state index contributed by atoms with van der Waals surface area (Å²) in [6.07, 6.45) is -8.98. The Morgan fingerprint density at radius 2 is 1.10 bits per heavy atom. The molecule has 0 rings (SSSR count). The number of carbonyl (C=O) groups excluding carboxylic acids is 1. The van der Waals surface area contributed by atoms with Crippen molar-refractivity contribution in [2.24, 2.45) is 0 Å². The van der Waals surface area contributed by atoms with Crippen molar-refractivity contribution in [1.29, 1.82) is 0 Å². The molecular formula is C20H40N2O8. The highest BCUT2D eigenvalue weighted by atomic mass is 16.5. The van der Waals surface area contributed by atoms with Crippen LogP contribution in [0, 0.1) is 0 Å². The molecule has 0 spiro atoms. The number of carboxylic acid groups (broad SMARTS) is 1. The lowest BCUT2D eigenvalue weighted by Crippen LogP contribution is -2.62. The molecule has 0 aromatic heterocycles. The zero-order chi connectivity index (χ0) is 23.9. The molecule has 0 saturated carbocycles. The minimum absolute atomic E-state index is 0.00518. The zero-order valence-corrected chi connectivity index (χ0v) is 19.3. The van der Waals surface area contributed by atoms with E-state index in [2.05, 4.69) is 0 Å². The van der Waals surface area contributed by atoms with E-state index in [0.717, 1.165) is 0 Å². The van der Waals surface area contributed by atoms with Gasteiger partial charge in [0.05, 0.1) is 0 Å². The predicted molar refractivity (Wildman–Crippen MR) is 111 cm³/mol. The van der Waals surface area contributed by atoms with Crippen molar-refractivity contribution in [2.75, 3.05) is 6.61 Å². The van der Waals surface area contributed by atoms with Gasteiger partial charge in [-0.15, -0.1) is 0 Å². The van der Waals surface area contributed by atoms with Crippen LogP contribution < -0.4 is 0 Å². The molecule has 0 unspecified atom stereocenters. The Morgan fingerprint density at radius 1 is 0.733 bits per heavy atom. The number of rotatable bonds is 13. The van der Waals surface area contributed by atoms with Crippen LogP contribution >= 0.6 is 0 Å². The van der Waals surface area contributed by atoms with Gasteiger partial charge in [0, 0.05) is 24.2 Å². The maximum Gasteiger partial charge on any atom is 0.338 e. The van der Waals surface area contributed by atoms with Gasteiger partial charge >= 0.3 is 11.9 Å². The van der Waals surface area contributed by atoms with Crippen LogP contribution in [0.5, 0.6) is 0 Å². The minimum Gasteiger partial charge on any atom is -0.479 e. The second-order valence-corrected chi connectivity index (χ2v) is 8.60. The van der Waals surface area contributed by atoms with Crippen molar-refractivity contribution in [2.45, 2.75) is 110 Å². The van der Waals surface area contributed by atoms with Crippen molar-refractivity contribution in [1.82, 2.24) is 9.80 Å². The highest BCUT2D eigenvalue weighted by molar-refractivity contribution is 5.75. The largest absolute Gasteiger partial charge is 0.479 e. The summed E-state index contributed by atoms with van der Waals surface area (Å²) in [6.45, 7) is 15.0. The summed E-state index contributed by atoms with van der Waals surface area (Å²) in [5.74, 6) is -2.39. The molecule has 0 aliphatic heterocycles. The summed E-state index contributed by atoms with van der Waals surface area (Å²) in [5, 5.41) is 47.6. The molecule has 0 aromatic rings. The zero-order valence-electron chi connectivity index (χ0n) is 19.3. The number of aliphatic carboxylic acids is 1. The Kier molecular flexibility index (Phi) is 12.0. The van der Waals surface area contributed by atoms with E-state index in [1.54, 1.807) is 0 Å². The Bertz CT molecular complexity index is 505. The fraction of sp³-hybridized carbons (Fsp3) is 0.900. The van der Waals surface area contributed by atoms with Crippen molar-refractivity contribution in [3.05, 3.63) is 0 Å². The third-order valence-electron chi connectivity index (χ3n) is 4.88. The van der Waals surface area contributed by atoms with Crippen LogP contribution in [0.4, 0.5) is 0 Å². The van der Waals surface area contributed by atoms with E-state index in [1.165, 1.54) is 0 Å². The van der Waals surface area contributed by atoms with Gasteiger partial charge in [-0.2, -0.15) is 0 Å². The third-order valence-corrected chi connectivity index (χ3v) is 4.88. The van der Waals surface area contributed by atoms with E-state index in [0.29, 0.717) is 0 Å². The summed E-state index contributed by atoms with van der Waals surface area (Å²) in [6, 6.07) is 0.0207. The number of carbonyl (C=O) groups is 2. The van der Waals surface area contributed by atoms with E-state index in [9.17, 15) is 30.0 Å². The summed E-state index contributed by atoms with van der Waals surface area (Å²) in [5.41, 5.74) is 0. The van der Waals surface area contributed by atoms with Crippen LogP contribution in [0.2, 0.25) is 0 Å². The smallest absolute Gasteiger partial charge is 0.338 e. The quantitative estimate of drug-likeness (QED) is 0.191. The minimum atomic E-state index is -2.28. The molecule has 10 heteroatoms. The fourth-order valence-corrected chi connectivity index (χ4v) is 3.62. The molecule has 5 N–H and O–H groups in total. The molecule has 0 saturated heterocycles. The number of hydrogen-bond donors (Lipinski definition) is 5. The first-order chi connectivity index (χ1) is 13.6. The first kappa shape index (κ1) is 28.7. The molecule has 10 nitrogen and oxygen atoms in total. The molecule has 0 fully saturated rings. The Balaban J connectivity index is 5.55. The van der Waals surface area contributed by atoms with Gasteiger partial charge in [-0.3, -0.25) is 9.80 Å². The number of esters is 1. The van der Waals surface area contributed by atoms with Crippen molar-refractivity contribution >= 4 is 11.9 Å². The van der Waals surface area contributed by atoms with Crippen molar-refractivity contribution in [3.63, 3.8) is 0 Å². The highest BCUT2D eigenvalue weighted by Gasteiger charge is 2.40. The number of hydrogen-bond acceptors (Lipinski definition) is 9. The SMILES string of the molecule is CC(C)N(C(C)C)C(C(=O)OC[C@H](O)[C@H](O)[C@H](O)[C@@H](O)C(=O)O)N(C(C)C)C(C)C. The molecule has 30 heavy (non-hydrogen) atoms. The standard InChI is InChI=1S/C20H40N2O8/c1-10(2)21(11(3)4)18(22(12(5)6)13(7)8)20(29)30-9-14(23)15(24)16(25)17(26)19(27)28/h10-18,23-26H,9H2,1-8H3,(H,27,28)/t14-,15-,16-,17+/m0/s1. The Labute approximate surface area is 179 Å². The van der Waals surface area contributed by atoms with Crippen LogP contribution in [-0.4, -0.2) is 109 Å². The molecule has 0 amide bonds. The number of carboxylic acids is 1. The molecule has 4 atom stereocenters. The van der Waals surface area contributed by atoms with E-state index >= 15 is 0 Å². The van der Waals surface area contributed by atoms with E-state index < -0.39 is 49.1 Å². The average Bonchev–Trinajstić information content (AvgIpc) is 2.61. The van der Waals surface area contributed by atoms with Gasteiger partial charge in [0.25, 0.3) is 0 Å². The van der Waals surface area contributed by atoms with Gasteiger partial charge in [0.15, 0.2) is 12.3 Å². The van der Waals surface area contributed by atoms with Crippen LogP contribution in [0.3, 0.4) is 0 Å². The Morgan fingerprint density at radius 3 is 1.40 bits per heavy atom. The normalized spacial score (nSPS) is 16.8. The maximum atomic E-state index is 13.1. The lowest BCUT2D eigenvalue weighted by Gasteiger charge is -2.46. The van der Waals surface area contributed by atoms with E-state index in [-0.39, 0.29) is 24.2 Å². The van der Waals surface area contributed by atoms with Gasteiger partial charge in [0.2, 0.25) is 0 Å². The van der Waals surface area contributed by atoms with Gasteiger partial charge in [-0.25, -0.2) is 9.59 Å². The number of aliphatic hydroxyl groups is 4. The van der Waals surface area contributed by atoms with E-state index in [4.69, 9.17) is 9.84 Å². The van der Waals surface area contributed by atoms with Gasteiger partial charge in [0.1, 0.15) is 24.9 Å². The molecule has 0 heterocycles. The van der Waals surface area contributed by atoms with Crippen LogP contribution in [0.25, 0.3) is 0 Å². The summed E-state index contributed by atoms with van der Waals surface area (Å²) < 4.78 is 5.27. The lowest BCUT2D eigenvalue weighted by molar-refractivity contribution is -0.177. The van der Waals surface area contributed by atoms with Crippen LogP contribution in [0.1, 0.15) is 55.4 Å². The number of nitrogens with zero attached hydrogens (tertiary/aromatic N) is 2. The number of ether oxygens (including phenoxy) is 1. The van der Waals surface area contributed by atoms with Gasteiger partial charge in [-0.1, -0.05) is 0 Å². The van der Waals surface area contributed by atoms with Crippen LogP contribution in [0.15, 0.2) is 0 Å². The molecule has 0 aromatic carbocycles. The molecule has 178 valence electrons. The van der Waals surface area contributed by atoms with Crippen molar-refractivity contribution in [3.8, 4) is 0 Å². The first-order valence-electron chi connectivity index (χ1n) is 10.3. The Hall–Kier alpha value is -1.30. The first-order valence-corrected chi connectivity index (χ1v) is 10.3. The van der Waals surface area contributed by atoms with Crippen LogP contribution in [-0.2, 0) is 14.3 Å². The average molecular weight is 437 g/mol. The van der Waals surface area contributed by atoms with Gasteiger partial charge < -0.3 is 30.3 Å². The predicted octanol–water partition coefficient (Wildman–Crippen LogP) is -0.378. The third kappa shape index (κ3) is 7.75. The molecule has 0 bridgehead atoms. The summed E-state index contributed by atoms with van der Waals surface area (Å²) in [4.78, 5) is 27.8. The molecule has 0 aliphatic rings. The van der Waals surface area contributed by atoms with Crippen molar-refractivity contribution < 1.29 is 39.9 Å². The topological polar surface area (TPSA) is 151 Å². The molecule has 0 aliphatic carbocycles. The highest BCUT2D eigenvalue weighted by Crippen LogP contribution is 2.21. The summed E-state index contributed by atoms with van der Waals surface area (Å²) in [7, 11) is 0. The second kappa shape index (κ2) is 12.5. The monoisotopic (exact) mass is 436 g/mol.